The standard InChI is InChI=1S/C23H28N6OS/c1-16(30)27-17-4-6-18(7-5-17)31-19-15-26-22(29-14-11-25-21(19)29)28-12-9-23(10-13-28)8-2-3-20(23)24/h4-7,11,14-15,20H,2-3,8-10,12-13,24H2,1H3,(H,27,30)/t20-/m1/s1. The second-order valence-corrected chi connectivity index (χ2v) is 9.81. The van der Waals surface area contributed by atoms with Gasteiger partial charge in [-0.15, -0.1) is 0 Å². The molecule has 1 aliphatic carbocycles. The highest BCUT2D eigenvalue weighted by atomic mass is 32.2. The van der Waals surface area contributed by atoms with Crippen molar-refractivity contribution >= 4 is 35.0 Å². The fourth-order valence-corrected chi connectivity index (χ4v) is 5.94. The van der Waals surface area contributed by atoms with Crippen molar-refractivity contribution in [3.63, 3.8) is 0 Å². The Morgan fingerprint density at radius 2 is 1.97 bits per heavy atom. The first-order valence-corrected chi connectivity index (χ1v) is 11.7. The smallest absolute Gasteiger partial charge is 0.221 e. The summed E-state index contributed by atoms with van der Waals surface area (Å²) in [5.41, 5.74) is 8.50. The lowest BCUT2D eigenvalue weighted by Gasteiger charge is -2.42. The number of hydrogen-bond acceptors (Lipinski definition) is 6. The first-order chi connectivity index (χ1) is 15.0. The Bertz CT molecular complexity index is 1090. The van der Waals surface area contributed by atoms with E-state index in [0.717, 1.165) is 53.0 Å². The van der Waals surface area contributed by atoms with Gasteiger partial charge in [-0.3, -0.25) is 9.20 Å². The van der Waals surface area contributed by atoms with Crippen LogP contribution in [0.3, 0.4) is 0 Å². The molecule has 3 aromatic rings. The van der Waals surface area contributed by atoms with Crippen molar-refractivity contribution in [3.05, 3.63) is 42.9 Å². The summed E-state index contributed by atoms with van der Waals surface area (Å²) in [5.74, 6) is 0.886. The first-order valence-electron chi connectivity index (χ1n) is 10.9. The number of fused-ring (bicyclic) bond motifs is 1. The molecule has 0 bridgehead atoms. The van der Waals surface area contributed by atoms with Crippen molar-refractivity contribution in [3.8, 4) is 0 Å². The minimum atomic E-state index is -0.0715. The lowest BCUT2D eigenvalue weighted by atomic mass is 9.74. The molecule has 1 spiro atoms. The van der Waals surface area contributed by atoms with E-state index in [1.807, 2.05) is 42.9 Å². The fourth-order valence-electron chi connectivity index (χ4n) is 5.06. The third kappa shape index (κ3) is 3.90. The van der Waals surface area contributed by atoms with Gasteiger partial charge in [0.15, 0.2) is 5.65 Å². The largest absolute Gasteiger partial charge is 0.342 e. The molecule has 162 valence electrons. The summed E-state index contributed by atoms with van der Waals surface area (Å²) in [5, 5.41) is 2.80. The minimum Gasteiger partial charge on any atom is -0.342 e. The van der Waals surface area contributed by atoms with Gasteiger partial charge in [-0.05, 0) is 55.4 Å². The number of rotatable bonds is 4. The Morgan fingerprint density at radius 1 is 1.19 bits per heavy atom. The van der Waals surface area contributed by atoms with Crippen molar-refractivity contribution in [2.75, 3.05) is 23.3 Å². The number of piperidine rings is 1. The molecule has 7 nitrogen and oxygen atoms in total. The van der Waals surface area contributed by atoms with E-state index >= 15 is 0 Å². The molecule has 0 radical (unpaired) electrons. The van der Waals surface area contributed by atoms with Gasteiger partial charge in [0.25, 0.3) is 0 Å². The van der Waals surface area contributed by atoms with E-state index in [9.17, 15) is 4.79 Å². The van der Waals surface area contributed by atoms with E-state index in [-0.39, 0.29) is 5.91 Å². The minimum absolute atomic E-state index is 0.0715. The number of benzene rings is 1. The molecular formula is C23H28N6OS. The van der Waals surface area contributed by atoms with Gasteiger partial charge in [-0.25, -0.2) is 9.97 Å². The lowest BCUT2D eigenvalue weighted by molar-refractivity contribution is -0.114. The van der Waals surface area contributed by atoms with Crippen LogP contribution in [0.2, 0.25) is 0 Å². The first kappa shape index (κ1) is 20.3. The Morgan fingerprint density at radius 3 is 2.65 bits per heavy atom. The number of amides is 1. The van der Waals surface area contributed by atoms with Crippen molar-refractivity contribution in [1.29, 1.82) is 0 Å². The molecule has 1 atom stereocenters. The van der Waals surface area contributed by atoms with Crippen LogP contribution in [0.15, 0.2) is 52.6 Å². The molecule has 8 heteroatoms. The van der Waals surface area contributed by atoms with E-state index < -0.39 is 0 Å². The second kappa shape index (κ2) is 8.16. The van der Waals surface area contributed by atoms with Crippen molar-refractivity contribution in [2.45, 2.75) is 54.9 Å². The molecule has 2 aliphatic rings. The Hall–Kier alpha value is -2.58. The summed E-state index contributed by atoms with van der Waals surface area (Å²) in [6, 6.07) is 8.17. The lowest BCUT2D eigenvalue weighted by Crippen LogP contribution is -2.47. The zero-order valence-corrected chi connectivity index (χ0v) is 18.6. The van der Waals surface area contributed by atoms with Crippen LogP contribution < -0.4 is 16.0 Å². The average molecular weight is 437 g/mol. The fraction of sp³-hybridized carbons (Fsp3) is 0.435. The highest BCUT2D eigenvalue weighted by Crippen LogP contribution is 2.46. The summed E-state index contributed by atoms with van der Waals surface area (Å²) < 4.78 is 2.10. The van der Waals surface area contributed by atoms with Gasteiger partial charge in [0.1, 0.15) is 0 Å². The van der Waals surface area contributed by atoms with Crippen molar-refractivity contribution in [1.82, 2.24) is 14.4 Å². The molecule has 5 rings (SSSR count). The number of nitrogens with zero attached hydrogens (tertiary/aromatic N) is 4. The summed E-state index contributed by atoms with van der Waals surface area (Å²) in [4.78, 5) is 25.1. The average Bonchev–Trinajstić information content (AvgIpc) is 3.38. The molecule has 2 aromatic heterocycles. The Balaban J connectivity index is 1.34. The molecule has 1 aromatic carbocycles. The van der Waals surface area contributed by atoms with Gasteiger partial charge >= 0.3 is 0 Å². The van der Waals surface area contributed by atoms with E-state index in [4.69, 9.17) is 10.7 Å². The van der Waals surface area contributed by atoms with E-state index in [1.54, 1.807) is 11.8 Å². The van der Waals surface area contributed by atoms with Gasteiger partial charge < -0.3 is 16.0 Å². The van der Waals surface area contributed by atoms with E-state index in [2.05, 4.69) is 19.6 Å². The third-order valence-corrected chi connectivity index (χ3v) is 7.81. The maximum Gasteiger partial charge on any atom is 0.221 e. The zero-order valence-electron chi connectivity index (χ0n) is 17.8. The molecule has 1 saturated heterocycles. The van der Waals surface area contributed by atoms with Gasteiger partial charge in [0.2, 0.25) is 11.9 Å². The van der Waals surface area contributed by atoms with E-state index in [0.29, 0.717) is 11.5 Å². The molecule has 1 saturated carbocycles. The van der Waals surface area contributed by atoms with Gasteiger partial charge in [-0.1, -0.05) is 18.2 Å². The summed E-state index contributed by atoms with van der Waals surface area (Å²) in [6.45, 7) is 3.49. The van der Waals surface area contributed by atoms with E-state index in [1.165, 1.54) is 26.2 Å². The molecule has 1 amide bonds. The molecule has 0 unspecified atom stereocenters. The highest BCUT2D eigenvalue weighted by molar-refractivity contribution is 7.99. The SMILES string of the molecule is CC(=O)Nc1ccc(Sc2cnc(N3CCC4(CCC[C@H]4N)CC3)n3ccnc23)cc1. The van der Waals surface area contributed by atoms with Crippen LogP contribution in [0, 0.1) is 5.41 Å². The summed E-state index contributed by atoms with van der Waals surface area (Å²) >= 11 is 1.63. The van der Waals surface area contributed by atoms with Crippen LogP contribution in [-0.4, -0.2) is 39.4 Å². The summed E-state index contributed by atoms with van der Waals surface area (Å²) in [6.07, 6.45) is 11.7. The molecule has 1 aliphatic heterocycles. The Labute approximate surface area is 186 Å². The maximum absolute atomic E-state index is 11.2. The summed E-state index contributed by atoms with van der Waals surface area (Å²) in [7, 11) is 0. The predicted octanol–water partition coefficient (Wildman–Crippen LogP) is 3.94. The number of carbonyl (C=O) groups is 1. The van der Waals surface area contributed by atoms with Gasteiger partial charge in [0, 0.05) is 55.2 Å². The number of imidazole rings is 1. The number of hydrogen-bond donors (Lipinski definition) is 2. The number of aromatic nitrogens is 3. The molecule has 31 heavy (non-hydrogen) atoms. The predicted molar refractivity (Wildman–Crippen MR) is 124 cm³/mol. The van der Waals surface area contributed by atoms with Crippen LogP contribution in [0.25, 0.3) is 5.65 Å². The number of carbonyl (C=O) groups excluding carboxylic acids is 1. The molecule has 2 fully saturated rings. The molecule has 3 N–H and O–H groups in total. The number of anilines is 2. The molecular weight excluding hydrogens is 408 g/mol. The van der Waals surface area contributed by atoms with Crippen LogP contribution in [-0.2, 0) is 4.79 Å². The molecule has 3 heterocycles. The highest BCUT2D eigenvalue weighted by Gasteiger charge is 2.43. The quantitative estimate of drug-likeness (QED) is 0.644. The number of nitrogens with two attached hydrogens (primary N) is 1. The third-order valence-electron chi connectivity index (χ3n) is 6.79. The van der Waals surface area contributed by atoms with Crippen LogP contribution in [0.4, 0.5) is 11.6 Å². The maximum atomic E-state index is 11.2. The second-order valence-electron chi connectivity index (χ2n) is 8.70. The van der Waals surface area contributed by atoms with Gasteiger partial charge in [0.05, 0.1) is 4.90 Å². The van der Waals surface area contributed by atoms with Crippen molar-refractivity contribution < 1.29 is 4.79 Å². The number of nitrogens with one attached hydrogen (secondary N) is 1. The van der Waals surface area contributed by atoms with Crippen molar-refractivity contribution in [2.24, 2.45) is 11.1 Å². The van der Waals surface area contributed by atoms with Crippen LogP contribution in [0.5, 0.6) is 0 Å². The Kier molecular flexibility index (Phi) is 5.35. The topological polar surface area (TPSA) is 88.5 Å². The normalized spacial score (nSPS) is 20.5. The zero-order chi connectivity index (χ0) is 21.4. The van der Waals surface area contributed by atoms with Gasteiger partial charge in [-0.2, -0.15) is 0 Å². The van der Waals surface area contributed by atoms with Crippen LogP contribution >= 0.6 is 11.8 Å². The monoisotopic (exact) mass is 436 g/mol. The van der Waals surface area contributed by atoms with Crippen LogP contribution in [0.1, 0.15) is 39.0 Å².